The molecule has 13 nitrogen and oxygen atoms in total. The number of nitrogens with zero attached hydrogens (tertiary/aromatic N) is 5. The van der Waals surface area contributed by atoms with Gasteiger partial charge >= 0.3 is 0 Å². The number of nitrogens with one attached hydrogen (secondary N) is 4. The molecule has 2 saturated carbocycles. The first kappa shape index (κ1) is 39.6. The van der Waals surface area contributed by atoms with E-state index in [0.717, 1.165) is 83.0 Å². The van der Waals surface area contributed by atoms with Gasteiger partial charge in [-0.2, -0.15) is 0 Å². The maximum atomic E-state index is 15.2. The Hall–Kier alpha value is -5.18. The minimum Gasteiger partial charge on any atom is -0.374 e. The molecule has 0 radical (unpaired) electrons. The number of benzene rings is 2. The lowest BCUT2D eigenvalue weighted by atomic mass is 9.83. The zero-order chi connectivity index (χ0) is 40.2. The molecule has 4 heterocycles. The Morgan fingerprint density at radius 1 is 0.776 bits per heavy atom. The molecule has 4 amide bonds. The lowest BCUT2D eigenvalue weighted by Crippen LogP contribution is -2.52. The standard InChI is InChI=1S/C43H53F2N9O4/c44-34-25-31(47-36-16-18-38(55)50-42(36)58)13-17-37(34)53-22-20-52(21-23-53)32-14-7-27(8-15-32)41(57)48-29-9-11-30(12-10-29)49-43-46-26-35(45)40(51-43)28-4-3-5-33(24-28)54-19-2-1-6-39(54)56/h3-5,13,17,24-27,29-30,32,36,47H,1-2,6-12,14-16,18-23H2,(H,48,57)(H,46,49,51)(H,50,55,58)/t27?,29?,30?,32?,36-/m1/s1. The van der Waals surface area contributed by atoms with E-state index < -0.39 is 11.9 Å². The molecule has 0 unspecified atom stereocenters. The van der Waals surface area contributed by atoms with E-state index in [-0.39, 0.29) is 59.6 Å². The summed E-state index contributed by atoms with van der Waals surface area (Å²) >= 11 is 0. The molecule has 15 heteroatoms. The van der Waals surface area contributed by atoms with Crippen molar-refractivity contribution in [3.8, 4) is 11.3 Å². The topological polar surface area (TPSA) is 152 Å². The van der Waals surface area contributed by atoms with Crippen LogP contribution in [-0.4, -0.2) is 95.4 Å². The number of aromatic nitrogens is 2. The third-order valence-electron chi connectivity index (χ3n) is 12.7. The number of carbonyl (C=O) groups excluding carboxylic acids is 4. The van der Waals surface area contributed by atoms with Gasteiger partial charge in [0.25, 0.3) is 0 Å². The summed E-state index contributed by atoms with van der Waals surface area (Å²) in [5.74, 6) is -0.936. The van der Waals surface area contributed by atoms with Crippen LogP contribution in [0.2, 0.25) is 0 Å². The van der Waals surface area contributed by atoms with Crippen molar-refractivity contribution in [1.29, 1.82) is 0 Å². The predicted octanol–water partition coefficient (Wildman–Crippen LogP) is 5.38. The summed E-state index contributed by atoms with van der Waals surface area (Å²) < 4.78 is 30.2. The molecular formula is C43H53F2N9O4. The molecule has 2 aliphatic carbocycles. The first-order valence-electron chi connectivity index (χ1n) is 21.1. The van der Waals surface area contributed by atoms with Crippen LogP contribution in [0.1, 0.15) is 83.5 Å². The Kier molecular flexibility index (Phi) is 12.1. The molecule has 3 aromatic rings. The molecule has 58 heavy (non-hydrogen) atoms. The zero-order valence-corrected chi connectivity index (χ0v) is 32.9. The third-order valence-corrected chi connectivity index (χ3v) is 12.7. The highest BCUT2D eigenvalue weighted by Gasteiger charge is 2.33. The lowest BCUT2D eigenvalue weighted by Gasteiger charge is -2.42. The van der Waals surface area contributed by atoms with E-state index in [1.807, 2.05) is 18.2 Å². The van der Waals surface area contributed by atoms with Crippen molar-refractivity contribution in [2.24, 2.45) is 5.92 Å². The third kappa shape index (κ3) is 9.24. The number of rotatable bonds is 10. The van der Waals surface area contributed by atoms with Gasteiger partial charge in [0.15, 0.2) is 5.82 Å². The van der Waals surface area contributed by atoms with Gasteiger partial charge in [-0.1, -0.05) is 12.1 Å². The highest BCUT2D eigenvalue weighted by atomic mass is 19.1. The minimum atomic E-state index is -0.562. The quantitative estimate of drug-likeness (QED) is 0.197. The van der Waals surface area contributed by atoms with Crippen LogP contribution in [0, 0.1) is 17.6 Å². The van der Waals surface area contributed by atoms with Crippen molar-refractivity contribution < 1.29 is 28.0 Å². The van der Waals surface area contributed by atoms with Gasteiger partial charge in [0.05, 0.1) is 11.9 Å². The molecule has 3 aliphatic heterocycles. The molecule has 3 saturated heterocycles. The van der Waals surface area contributed by atoms with E-state index in [4.69, 9.17) is 0 Å². The Bertz CT molecular complexity index is 1990. The average Bonchev–Trinajstić information content (AvgIpc) is 3.24. The molecule has 0 bridgehead atoms. The van der Waals surface area contributed by atoms with E-state index in [9.17, 15) is 23.6 Å². The lowest BCUT2D eigenvalue weighted by molar-refractivity contribution is -0.133. The van der Waals surface area contributed by atoms with E-state index >= 15 is 4.39 Å². The highest BCUT2D eigenvalue weighted by molar-refractivity contribution is 6.01. The van der Waals surface area contributed by atoms with Crippen molar-refractivity contribution in [3.05, 3.63) is 60.3 Å². The molecule has 308 valence electrons. The second kappa shape index (κ2) is 17.8. The van der Waals surface area contributed by atoms with Gasteiger partial charge in [-0.15, -0.1) is 0 Å². The molecule has 5 aliphatic rings. The van der Waals surface area contributed by atoms with Crippen molar-refractivity contribution in [1.82, 2.24) is 25.5 Å². The van der Waals surface area contributed by atoms with Crippen molar-refractivity contribution in [3.63, 3.8) is 0 Å². The van der Waals surface area contributed by atoms with E-state index in [1.165, 1.54) is 12.3 Å². The molecule has 1 aromatic heterocycles. The maximum absolute atomic E-state index is 15.2. The van der Waals surface area contributed by atoms with Crippen molar-refractivity contribution in [2.45, 2.75) is 108 Å². The van der Waals surface area contributed by atoms with Crippen LogP contribution in [0.25, 0.3) is 11.3 Å². The predicted molar refractivity (Wildman–Crippen MR) is 217 cm³/mol. The number of anilines is 4. The molecular weight excluding hydrogens is 745 g/mol. The Morgan fingerprint density at radius 3 is 2.29 bits per heavy atom. The number of carbonyl (C=O) groups is 4. The molecule has 2 aromatic carbocycles. The van der Waals surface area contributed by atoms with Crippen molar-refractivity contribution in [2.75, 3.05) is 53.2 Å². The fourth-order valence-electron chi connectivity index (χ4n) is 9.34. The first-order valence-corrected chi connectivity index (χ1v) is 21.1. The fraction of sp³-hybridized carbons (Fsp3) is 0.535. The summed E-state index contributed by atoms with van der Waals surface area (Å²) in [4.78, 5) is 64.5. The summed E-state index contributed by atoms with van der Waals surface area (Å²) in [6.45, 7) is 3.73. The highest BCUT2D eigenvalue weighted by Crippen LogP contribution is 2.32. The maximum Gasteiger partial charge on any atom is 0.249 e. The van der Waals surface area contributed by atoms with Gasteiger partial charge < -0.3 is 25.8 Å². The Balaban J connectivity index is 0.754. The largest absolute Gasteiger partial charge is 0.374 e. The van der Waals surface area contributed by atoms with Crippen LogP contribution in [-0.2, 0) is 19.2 Å². The van der Waals surface area contributed by atoms with Gasteiger partial charge in [-0.05, 0) is 101 Å². The molecule has 5 fully saturated rings. The van der Waals surface area contributed by atoms with Crippen molar-refractivity contribution >= 4 is 46.6 Å². The SMILES string of the molecule is O=C1CC[C@@H](Nc2ccc(N3CCN(C4CCC(C(=O)NC5CCC(Nc6ncc(F)c(-c7cccc(N8CCCCC8=O)c7)n6)CC5)CC4)CC3)c(F)c2)C(=O)N1. The zero-order valence-electron chi connectivity index (χ0n) is 32.9. The van der Waals surface area contributed by atoms with E-state index in [0.29, 0.717) is 61.4 Å². The van der Waals surface area contributed by atoms with Gasteiger partial charge in [0, 0.05) is 86.5 Å². The molecule has 1 atom stereocenters. The number of piperazine rings is 1. The van der Waals surface area contributed by atoms with Crippen LogP contribution >= 0.6 is 0 Å². The number of imide groups is 1. The van der Waals surface area contributed by atoms with Crippen LogP contribution in [0.3, 0.4) is 0 Å². The van der Waals surface area contributed by atoms with Gasteiger partial charge in [0.2, 0.25) is 29.6 Å². The smallest absolute Gasteiger partial charge is 0.249 e. The van der Waals surface area contributed by atoms with E-state index in [1.54, 1.807) is 23.1 Å². The molecule has 8 rings (SSSR count). The molecule has 4 N–H and O–H groups in total. The normalized spacial score (nSPS) is 25.9. The number of piperidine rings is 2. The van der Waals surface area contributed by atoms with Crippen LogP contribution in [0.15, 0.2) is 48.7 Å². The second-order valence-corrected chi connectivity index (χ2v) is 16.5. The van der Waals surface area contributed by atoms with E-state index in [2.05, 4.69) is 41.0 Å². The minimum absolute atomic E-state index is 0.00681. The summed E-state index contributed by atoms with van der Waals surface area (Å²) in [6.07, 6.45) is 11.2. The number of amides is 4. The van der Waals surface area contributed by atoms with Gasteiger partial charge in [0.1, 0.15) is 17.6 Å². The second-order valence-electron chi connectivity index (χ2n) is 16.5. The monoisotopic (exact) mass is 797 g/mol. The molecule has 0 spiro atoms. The summed E-state index contributed by atoms with van der Waals surface area (Å²) in [7, 11) is 0. The Morgan fingerprint density at radius 2 is 1.55 bits per heavy atom. The summed E-state index contributed by atoms with van der Waals surface area (Å²) in [6, 6.07) is 12.3. The number of hydrogen-bond donors (Lipinski definition) is 4. The Labute approximate surface area is 337 Å². The fourth-order valence-corrected chi connectivity index (χ4v) is 9.34. The first-order chi connectivity index (χ1) is 28.2. The average molecular weight is 798 g/mol. The van der Waals surface area contributed by atoms with Gasteiger partial charge in [-0.25, -0.2) is 18.7 Å². The van der Waals surface area contributed by atoms with Crippen LogP contribution < -0.4 is 31.1 Å². The van der Waals surface area contributed by atoms with Gasteiger partial charge in [-0.3, -0.25) is 29.4 Å². The number of hydrogen-bond acceptors (Lipinski definition) is 10. The number of halogens is 2. The summed E-state index contributed by atoms with van der Waals surface area (Å²) in [5.41, 5.74) is 2.60. The van der Waals surface area contributed by atoms with Crippen LogP contribution in [0.5, 0.6) is 0 Å². The summed E-state index contributed by atoms with van der Waals surface area (Å²) in [5, 5.41) is 12.1. The van der Waals surface area contributed by atoms with Crippen LogP contribution in [0.4, 0.5) is 31.8 Å².